The van der Waals surface area contributed by atoms with E-state index < -0.39 is 39.8 Å². The molecule has 2 aromatic rings. The number of hydrogen-bond donors (Lipinski definition) is 1. The number of halogens is 2. The van der Waals surface area contributed by atoms with Crippen LogP contribution in [-0.4, -0.2) is 55.4 Å². The van der Waals surface area contributed by atoms with E-state index in [1.165, 1.54) is 17.0 Å². The first-order valence-electron chi connectivity index (χ1n) is 10.4. The number of benzene rings is 1. The number of sulfonamides is 1. The largest absolute Gasteiger partial charge is 0.447 e. The minimum Gasteiger partial charge on any atom is -0.447 e. The highest BCUT2D eigenvalue weighted by atomic mass is 32.2. The average molecular weight is 468 g/mol. The fourth-order valence-corrected chi connectivity index (χ4v) is 4.70. The van der Waals surface area contributed by atoms with E-state index in [0.717, 1.165) is 12.3 Å². The first kappa shape index (κ1) is 24.1. The summed E-state index contributed by atoms with van der Waals surface area (Å²) in [6.45, 7) is 3.89. The van der Waals surface area contributed by atoms with Gasteiger partial charge in [-0.1, -0.05) is 12.1 Å². The zero-order valence-electron chi connectivity index (χ0n) is 18.2. The Bertz CT molecular complexity index is 1080. The summed E-state index contributed by atoms with van der Waals surface area (Å²) in [5.74, 6) is -1.96. The lowest BCUT2D eigenvalue weighted by Gasteiger charge is -2.40. The van der Waals surface area contributed by atoms with Crippen molar-refractivity contribution < 1.29 is 26.7 Å². The number of carbonyl (C=O) groups is 1. The van der Waals surface area contributed by atoms with E-state index in [1.807, 2.05) is 0 Å². The minimum atomic E-state index is -3.52. The van der Waals surface area contributed by atoms with Gasteiger partial charge in [0.15, 0.2) is 11.6 Å². The quantitative estimate of drug-likeness (QED) is 0.703. The van der Waals surface area contributed by atoms with E-state index in [4.69, 9.17) is 4.74 Å². The standard InChI is InChI=1S/C22H27F2N3O4S/c1-14(2)31-22(28)27-12-6-11-19(26-32(3,29)30)20(27)13-15-7-4-10-18(25-15)16-8-5-9-17(23)21(16)24/h4-5,7-10,14,19-20,26H,6,11-13H2,1-3H3/t19-,20-/m0/s1. The highest BCUT2D eigenvalue weighted by molar-refractivity contribution is 7.88. The van der Waals surface area contributed by atoms with E-state index in [-0.39, 0.29) is 23.8 Å². The summed E-state index contributed by atoms with van der Waals surface area (Å²) in [7, 11) is -3.52. The number of aromatic nitrogens is 1. The molecule has 1 N–H and O–H groups in total. The lowest BCUT2D eigenvalue weighted by Crippen LogP contribution is -2.58. The van der Waals surface area contributed by atoms with Crippen molar-refractivity contribution in [1.82, 2.24) is 14.6 Å². The van der Waals surface area contributed by atoms with E-state index in [9.17, 15) is 22.0 Å². The second-order valence-electron chi connectivity index (χ2n) is 8.15. The van der Waals surface area contributed by atoms with Gasteiger partial charge in [-0.3, -0.25) is 4.98 Å². The molecule has 174 valence electrons. The summed E-state index contributed by atoms with van der Waals surface area (Å²) >= 11 is 0. The van der Waals surface area contributed by atoms with Gasteiger partial charge < -0.3 is 9.64 Å². The van der Waals surface area contributed by atoms with Gasteiger partial charge in [0.1, 0.15) is 0 Å². The topological polar surface area (TPSA) is 88.6 Å². The molecule has 1 saturated heterocycles. The highest BCUT2D eigenvalue weighted by Crippen LogP contribution is 2.26. The summed E-state index contributed by atoms with van der Waals surface area (Å²) < 4.78 is 59.7. The van der Waals surface area contributed by atoms with E-state index in [1.54, 1.807) is 32.0 Å². The Kier molecular flexibility index (Phi) is 7.45. The molecule has 10 heteroatoms. The second-order valence-corrected chi connectivity index (χ2v) is 9.93. The molecule has 0 bridgehead atoms. The van der Waals surface area contributed by atoms with Gasteiger partial charge in [-0.2, -0.15) is 0 Å². The molecule has 0 saturated carbocycles. The van der Waals surface area contributed by atoms with Gasteiger partial charge in [-0.15, -0.1) is 0 Å². The molecule has 1 aromatic heterocycles. The summed E-state index contributed by atoms with van der Waals surface area (Å²) in [5, 5.41) is 0. The smallest absolute Gasteiger partial charge is 0.410 e. The maximum Gasteiger partial charge on any atom is 0.410 e. The lowest BCUT2D eigenvalue weighted by atomic mass is 9.93. The molecule has 1 aliphatic heterocycles. The van der Waals surface area contributed by atoms with Gasteiger partial charge in [-0.25, -0.2) is 26.7 Å². The third-order valence-electron chi connectivity index (χ3n) is 5.17. The Balaban J connectivity index is 1.93. The Morgan fingerprint density at radius 3 is 2.66 bits per heavy atom. The van der Waals surface area contributed by atoms with Gasteiger partial charge in [-0.05, 0) is 51.0 Å². The normalized spacial score (nSPS) is 19.2. The van der Waals surface area contributed by atoms with Gasteiger partial charge in [0.2, 0.25) is 10.0 Å². The van der Waals surface area contributed by atoms with Crippen molar-refractivity contribution in [2.75, 3.05) is 12.8 Å². The first-order valence-corrected chi connectivity index (χ1v) is 12.3. The molecule has 1 fully saturated rings. The Labute approximate surface area is 186 Å². The summed E-state index contributed by atoms with van der Waals surface area (Å²) in [4.78, 5) is 18.7. The Morgan fingerprint density at radius 1 is 1.25 bits per heavy atom. The highest BCUT2D eigenvalue weighted by Gasteiger charge is 2.37. The van der Waals surface area contributed by atoms with Crippen molar-refractivity contribution in [3.05, 3.63) is 53.7 Å². The molecule has 7 nitrogen and oxygen atoms in total. The molecule has 2 atom stereocenters. The first-order chi connectivity index (χ1) is 15.0. The molecule has 0 aliphatic carbocycles. The molecule has 0 spiro atoms. The molecular formula is C22H27F2N3O4S. The minimum absolute atomic E-state index is 0.0254. The van der Waals surface area contributed by atoms with Gasteiger partial charge in [0.25, 0.3) is 0 Å². The van der Waals surface area contributed by atoms with Gasteiger partial charge in [0.05, 0.1) is 24.1 Å². The molecule has 0 radical (unpaired) electrons. The summed E-state index contributed by atoms with van der Waals surface area (Å²) in [6.07, 6.45) is 1.58. The van der Waals surface area contributed by atoms with Gasteiger partial charge in [0, 0.05) is 30.3 Å². The number of carbonyl (C=O) groups excluding carboxylic acids is 1. The monoisotopic (exact) mass is 467 g/mol. The van der Waals surface area contributed by atoms with Crippen LogP contribution < -0.4 is 4.72 Å². The molecule has 1 aliphatic rings. The van der Waals surface area contributed by atoms with Crippen LogP contribution in [0, 0.1) is 11.6 Å². The maximum atomic E-state index is 14.3. The van der Waals surface area contributed by atoms with Crippen molar-refractivity contribution >= 4 is 16.1 Å². The van der Waals surface area contributed by atoms with Crippen LogP contribution >= 0.6 is 0 Å². The zero-order valence-corrected chi connectivity index (χ0v) is 19.0. The zero-order chi connectivity index (χ0) is 23.5. The fraction of sp³-hybridized carbons (Fsp3) is 0.455. The number of pyridine rings is 1. The number of ether oxygens (including phenoxy) is 1. The third-order valence-corrected chi connectivity index (χ3v) is 5.90. The van der Waals surface area contributed by atoms with Crippen LogP contribution in [-0.2, 0) is 21.2 Å². The number of amides is 1. The molecule has 3 rings (SSSR count). The predicted molar refractivity (Wildman–Crippen MR) is 116 cm³/mol. The van der Waals surface area contributed by atoms with Crippen molar-refractivity contribution in [1.29, 1.82) is 0 Å². The fourth-order valence-electron chi connectivity index (χ4n) is 3.88. The van der Waals surface area contributed by atoms with Gasteiger partial charge >= 0.3 is 6.09 Å². The SMILES string of the molecule is CC(C)OC(=O)N1CCC[C@H](NS(C)(=O)=O)[C@@H]1Cc1cccc(-c2cccc(F)c2F)n1. The van der Waals surface area contributed by atoms with Crippen LogP contribution in [0.3, 0.4) is 0 Å². The van der Waals surface area contributed by atoms with E-state index >= 15 is 0 Å². The molecular weight excluding hydrogens is 440 g/mol. The van der Waals surface area contributed by atoms with Crippen LogP contribution in [0.4, 0.5) is 13.6 Å². The van der Waals surface area contributed by atoms with E-state index in [2.05, 4.69) is 9.71 Å². The number of piperidine rings is 1. The van der Waals surface area contributed by atoms with Crippen molar-refractivity contribution in [3.63, 3.8) is 0 Å². The lowest BCUT2D eigenvalue weighted by molar-refractivity contribution is 0.0459. The number of nitrogens with zero attached hydrogens (tertiary/aromatic N) is 2. The van der Waals surface area contributed by atoms with Crippen LogP contribution in [0.15, 0.2) is 36.4 Å². The molecule has 1 amide bonds. The molecule has 2 heterocycles. The van der Waals surface area contributed by atoms with Crippen molar-refractivity contribution in [2.24, 2.45) is 0 Å². The Hall–Kier alpha value is -2.59. The molecule has 0 unspecified atom stereocenters. The molecule has 32 heavy (non-hydrogen) atoms. The van der Waals surface area contributed by atoms with Crippen LogP contribution in [0.5, 0.6) is 0 Å². The number of nitrogens with one attached hydrogen (secondary N) is 1. The maximum absolute atomic E-state index is 14.3. The average Bonchev–Trinajstić information content (AvgIpc) is 2.70. The second kappa shape index (κ2) is 9.91. The number of rotatable bonds is 6. The molecule has 1 aromatic carbocycles. The van der Waals surface area contributed by atoms with E-state index in [0.29, 0.717) is 25.1 Å². The summed E-state index contributed by atoms with van der Waals surface area (Å²) in [5.41, 5.74) is 0.789. The number of likely N-dealkylation sites (tertiary alicyclic amines) is 1. The number of hydrogen-bond acceptors (Lipinski definition) is 5. The predicted octanol–water partition coefficient (Wildman–Crippen LogP) is 3.50. The van der Waals surface area contributed by atoms with Crippen molar-refractivity contribution in [3.8, 4) is 11.3 Å². The summed E-state index contributed by atoms with van der Waals surface area (Å²) in [6, 6.07) is 7.73. The Morgan fingerprint density at radius 2 is 1.97 bits per heavy atom. The van der Waals surface area contributed by atoms with Crippen LogP contribution in [0.25, 0.3) is 11.3 Å². The van der Waals surface area contributed by atoms with Crippen LogP contribution in [0.1, 0.15) is 32.4 Å². The van der Waals surface area contributed by atoms with Crippen molar-refractivity contribution in [2.45, 2.75) is 51.3 Å². The third kappa shape index (κ3) is 6.01. The van der Waals surface area contributed by atoms with Crippen LogP contribution in [0.2, 0.25) is 0 Å².